The maximum Gasteiger partial charge on any atom is 0.236 e. The zero-order valence-electron chi connectivity index (χ0n) is 13.2. The maximum absolute atomic E-state index is 12.6. The van der Waals surface area contributed by atoms with Gasteiger partial charge in [0.2, 0.25) is 5.91 Å². The predicted molar refractivity (Wildman–Crippen MR) is 82.5 cm³/mol. The van der Waals surface area contributed by atoms with Crippen molar-refractivity contribution in [3.8, 4) is 0 Å². The van der Waals surface area contributed by atoms with Crippen LogP contribution in [0.5, 0.6) is 0 Å². The highest BCUT2D eigenvalue weighted by atomic mass is 16.2. The fourth-order valence-corrected chi connectivity index (χ4v) is 3.95. The van der Waals surface area contributed by atoms with E-state index in [4.69, 9.17) is 5.73 Å². The fourth-order valence-electron chi connectivity index (χ4n) is 3.95. The Morgan fingerprint density at radius 2 is 1.95 bits per heavy atom. The summed E-state index contributed by atoms with van der Waals surface area (Å²) in [5, 5.41) is 0. The lowest BCUT2D eigenvalue weighted by Crippen LogP contribution is -2.52. The van der Waals surface area contributed by atoms with E-state index >= 15 is 0 Å². The minimum absolute atomic E-state index is 0.233. The molecule has 2 rings (SSSR count). The zero-order chi connectivity index (χ0) is 14.5. The summed E-state index contributed by atoms with van der Waals surface area (Å²) in [4.78, 5) is 17.0. The van der Waals surface area contributed by atoms with Gasteiger partial charge in [-0.05, 0) is 32.1 Å². The van der Waals surface area contributed by atoms with Crippen LogP contribution in [0, 0.1) is 5.92 Å². The molecule has 2 atom stereocenters. The summed E-state index contributed by atoms with van der Waals surface area (Å²) in [7, 11) is 0. The Morgan fingerprint density at radius 1 is 1.25 bits per heavy atom. The van der Waals surface area contributed by atoms with Crippen molar-refractivity contribution in [1.82, 2.24) is 9.80 Å². The van der Waals surface area contributed by atoms with E-state index < -0.39 is 0 Å². The van der Waals surface area contributed by atoms with Gasteiger partial charge in [0.1, 0.15) is 0 Å². The summed E-state index contributed by atoms with van der Waals surface area (Å²) in [6, 6.07) is 0.716. The lowest BCUT2D eigenvalue weighted by Gasteiger charge is -2.38. The third-order valence-corrected chi connectivity index (χ3v) is 4.80. The second-order valence-corrected chi connectivity index (χ2v) is 6.77. The number of nitrogens with zero attached hydrogens (tertiary/aromatic N) is 2. The monoisotopic (exact) mass is 281 g/mol. The molecule has 2 aliphatic rings. The van der Waals surface area contributed by atoms with Crippen molar-refractivity contribution in [3.05, 3.63) is 0 Å². The predicted octanol–water partition coefficient (Wildman–Crippen LogP) is 1.84. The minimum atomic E-state index is 0.233. The Kier molecular flexibility index (Phi) is 5.85. The standard InChI is InChI=1S/C16H31N3O/c1-3-19(15-7-5-4-6-8-15)16(20)12-18-10-13(2)9-14(17)11-18/h13-15H,3-12,17H2,1-2H3. The third kappa shape index (κ3) is 4.19. The van der Waals surface area contributed by atoms with E-state index in [1.807, 2.05) is 0 Å². The van der Waals surface area contributed by atoms with Crippen LogP contribution >= 0.6 is 0 Å². The molecule has 1 saturated heterocycles. The zero-order valence-corrected chi connectivity index (χ0v) is 13.2. The van der Waals surface area contributed by atoms with Gasteiger partial charge in [-0.15, -0.1) is 0 Å². The molecule has 0 radical (unpaired) electrons. The van der Waals surface area contributed by atoms with E-state index in [1.54, 1.807) is 0 Å². The lowest BCUT2D eigenvalue weighted by molar-refractivity contribution is -0.135. The first kappa shape index (κ1) is 15.8. The second kappa shape index (κ2) is 7.41. The highest BCUT2D eigenvalue weighted by molar-refractivity contribution is 5.78. The summed E-state index contributed by atoms with van der Waals surface area (Å²) >= 11 is 0. The topological polar surface area (TPSA) is 49.6 Å². The van der Waals surface area contributed by atoms with Gasteiger partial charge in [-0.2, -0.15) is 0 Å². The number of carbonyl (C=O) groups is 1. The Labute approximate surface area is 123 Å². The summed E-state index contributed by atoms with van der Waals surface area (Å²) in [6.07, 6.45) is 7.36. The lowest BCUT2D eigenvalue weighted by atomic mass is 9.94. The number of rotatable bonds is 4. The smallest absolute Gasteiger partial charge is 0.236 e. The summed E-state index contributed by atoms with van der Waals surface area (Å²) in [6.45, 7) is 7.63. The number of hydrogen-bond acceptors (Lipinski definition) is 3. The molecule has 0 aromatic rings. The summed E-state index contributed by atoms with van der Waals surface area (Å²) < 4.78 is 0. The minimum Gasteiger partial charge on any atom is -0.339 e. The molecule has 1 amide bonds. The molecule has 20 heavy (non-hydrogen) atoms. The molecule has 1 aliphatic carbocycles. The van der Waals surface area contributed by atoms with Gasteiger partial charge in [0, 0.05) is 31.7 Å². The Hall–Kier alpha value is -0.610. The Balaban J connectivity index is 1.88. The summed E-state index contributed by atoms with van der Waals surface area (Å²) in [5.74, 6) is 0.914. The molecule has 2 fully saturated rings. The number of likely N-dealkylation sites (N-methyl/N-ethyl adjacent to an activating group) is 1. The van der Waals surface area contributed by atoms with Crippen LogP contribution in [-0.2, 0) is 4.79 Å². The molecule has 0 spiro atoms. The van der Waals surface area contributed by atoms with Crippen LogP contribution in [0.2, 0.25) is 0 Å². The van der Waals surface area contributed by atoms with Crippen molar-refractivity contribution in [1.29, 1.82) is 0 Å². The van der Waals surface area contributed by atoms with Crippen LogP contribution in [0.3, 0.4) is 0 Å². The van der Waals surface area contributed by atoms with E-state index in [2.05, 4.69) is 23.6 Å². The number of carbonyl (C=O) groups excluding carboxylic acids is 1. The van der Waals surface area contributed by atoms with E-state index in [9.17, 15) is 4.79 Å². The molecular formula is C16H31N3O. The van der Waals surface area contributed by atoms with Gasteiger partial charge >= 0.3 is 0 Å². The SMILES string of the molecule is CCN(C(=O)CN1CC(C)CC(N)C1)C1CCCCC1. The molecule has 1 aliphatic heterocycles. The highest BCUT2D eigenvalue weighted by Crippen LogP contribution is 2.23. The van der Waals surface area contributed by atoms with Crippen LogP contribution in [0.15, 0.2) is 0 Å². The first-order valence-electron chi connectivity index (χ1n) is 8.37. The molecule has 2 unspecified atom stereocenters. The first-order valence-corrected chi connectivity index (χ1v) is 8.37. The molecular weight excluding hydrogens is 250 g/mol. The van der Waals surface area contributed by atoms with E-state index in [-0.39, 0.29) is 6.04 Å². The molecule has 4 heteroatoms. The number of likely N-dealkylation sites (tertiary alicyclic amines) is 1. The molecule has 0 aromatic carbocycles. The van der Waals surface area contributed by atoms with Crippen LogP contribution in [0.1, 0.15) is 52.4 Å². The maximum atomic E-state index is 12.6. The number of piperidine rings is 1. The van der Waals surface area contributed by atoms with Crippen LogP contribution in [-0.4, -0.2) is 54.0 Å². The first-order chi connectivity index (χ1) is 9.60. The fraction of sp³-hybridized carbons (Fsp3) is 0.938. The van der Waals surface area contributed by atoms with Crippen molar-refractivity contribution < 1.29 is 4.79 Å². The normalized spacial score (nSPS) is 29.4. The number of hydrogen-bond donors (Lipinski definition) is 1. The van der Waals surface area contributed by atoms with Gasteiger partial charge in [0.25, 0.3) is 0 Å². The van der Waals surface area contributed by atoms with Gasteiger partial charge in [-0.3, -0.25) is 9.69 Å². The Bertz CT molecular complexity index is 305. The third-order valence-electron chi connectivity index (χ3n) is 4.80. The van der Waals surface area contributed by atoms with Gasteiger partial charge in [0.05, 0.1) is 6.54 Å². The molecule has 4 nitrogen and oxygen atoms in total. The summed E-state index contributed by atoms with van der Waals surface area (Å²) in [5.41, 5.74) is 6.08. The molecule has 2 N–H and O–H groups in total. The molecule has 0 bridgehead atoms. The van der Waals surface area contributed by atoms with Gasteiger partial charge in [-0.1, -0.05) is 26.2 Å². The van der Waals surface area contributed by atoms with Crippen molar-refractivity contribution in [2.45, 2.75) is 64.5 Å². The quantitative estimate of drug-likeness (QED) is 0.855. The van der Waals surface area contributed by atoms with Crippen LogP contribution < -0.4 is 5.73 Å². The largest absolute Gasteiger partial charge is 0.339 e. The second-order valence-electron chi connectivity index (χ2n) is 6.77. The van der Waals surface area contributed by atoms with Gasteiger partial charge in [-0.25, -0.2) is 0 Å². The molecule has 1 heterocycles. The van der Waals surface area contributed by atoms with Crippen LogP contribution in [0.25, 0.3) is 0 Å². The van der Waals surface area contributed by atoms with E-state index in [1.165, 1.54) is 32.1 Å². The Morgan fingerprint density at radius 3 is 2.55 bits per heavy atom. The van der Waals surface area contributed by atoms with Gasteiger partial charge < -0.3 is 10.6 Å². The van der Waals surface area contributed by atoms with E-state index in [0.717, 1.165) is 26.1 Å². The van der Waals surface area contributed by atoms with Gasteiger partial charge in [0.15, 0.2) is 0 Å². The van der Waals surface area contributed by atoms with E-state index in [0.29, 0.717) is 24.4 Å². The van der Waals surface area contributed by atoms with Crippen molar-refractivity contribution in [2.24, 2.45) is 11.7 Å². The molecule has 1 saturated carbocycles. The van der Waals surface area contributed by atoms with Crippen molar-refractivity contribution in [2.75, 3.05) is 26.2 Å². The van der Waals surface area contributed by atoms with Crippen LogP contribution in [0.4, 0.5) is 0 Å². The number of nitrogens with two attached hydrogens (primary N) is 1. The average molecular weight is 281 g/mol. The van der Waals surface area contributed by atoms with Crippen molar-refractivity contribution in [3.63, 3.8) is 0 Å². The highest BCUT2D eigenvalue weighted by Gasteiger charge is 2.28. The molecule has 116 valence electrons. The molecule has 0 aromatic heterocycles. The van der Waals surface area contributed by atoms with Crippen molar-refractivity contribution >= 4 is 5.91 Å². The average Bonchev–Trinajstić information content (AvgIpc) is 2.39. The number of amides is 1.